The minimum Gasteiger partial charge on any atom is -0.459 e. The van der Waals surface area contributed by atoms with Crippen LogP contribution < -0.4 is 10.7 Å². The van der Waals surface area contributed by atoms with Gasteiger partial charge in [-0.05, 0) is 53.6 Å². The van der Waals surface area contributed by atoms with Gasteiger partial charge in [0, 0.05) is 11.3 Å². The van der Waals surface area contributed by atoms with E-state index in [2.05, 4.69) is 15.8 Å². The largest absolute Gasteiger partial charge is 0.459 e. The molecule has 0 saturated heterocycles. The van der Waals surface area contributed by atoms with Crippen molar-refractivity contribution in [1.82, 2.24) is 5.43 Å². The highest BCUT2D eigenvalue weighted by Gasteiger charge is 2.10. The maximum Gasteiger partial charge on any atom is 0.291 e. The Bertz CT molecular complexity index is 1220. The number of furan rings is 1. The van der Waals surface area contributed by atoms with Crippen LogP contribution in [-0.4, -0.2) is 17.5 Å². The van der Waals surface area contributed by atoms with Gasteiger partial charge in [0.1, 0.15) is 0 Å². The van der Waals surface area contributed by atoms with Gasteiger partial charge in [0.25, 0.3) is 11.8 Å². The first-order valence-electron chi connectivity index (χ1n) is 9.39. The lowest BCUT2D eigenvalue weighted by atomic mass is 10.0. The van der Waals surface area contributed by atoms with Crippen LogP contribution in [0.3, 0.4) is 0 Å². The average Bonchev–Trinajstić information content (AvgIpc) is 3.32. The van der Waals surface area contributed by atoms with Crippen LogP contribution in [0.25, 0.3) is 10.8 Å². The van der Waals surface area contributed by atoms with Crippen molar-refractivity contribution in [3.8, 4) is 0 Å². The molecule has 0 aliphatic carbocycles. The van der Waals surface area contributed by atoms with E-state index in [4.69, 9.17) is 4.42 Å². The fraction of sp³-hybridized carbons (Fsp3) is 0.0417. The summed E-state index contributed by atoms with van der Waals surface area (Å²) in [5.74, 6) is -0.345. The summed E-state index contributed by atoms with van der Waals surface area (Å²) in [6, 6.07) is 23.7. The zero-order chi connectivity index (χ0) is 20.9. The monoisotopic (exact) mass is 397 g/mol. The third-order valence-electron chi connectivity index (χ3n) is 4.66. The van der Waals surface area contributed by atoms with Crippen molar-refractivity contribution >= 4 is 34.0 Å². The number of benzene rings is 3. The molecule has 148 valence electrons. The Kier molecular flexibility index (Phi) is 5.39. The summed E-state index contributed by atoms with van der Waals surface area (Å²) in [4.78, 5) is 24.6. The molecule has 0 aliphatic rings. The normalized spacial score (nSPS) is 11.3. The molecule has 0 bridgehead atoms. The summed E-state index contributed by atoms with van der Waals surface area (Å²) in [7, 11) is 0. The molecule has 1 aromatic heterocycles. The van der Waals surface area contributed by atoms with E-state index < -0.39 is 0 Å². The molecule has 30 heavy (non-hydrogen) atoms. The second kappa shape index (κ2) is 8.45. The lowest BCUT2D eigenvalue weighted by Crippen LogP contribution is -2.19. The number of carbonyl (C=O) groups is 2. The summed E-state index contributed by atoms with van der Waals surface area (Å²) in [6.45, 7) is 1.81. The molecule has 0 saturated carbocycles. The number of hydrazone groups is 1. The molecule has 2 amide bonds. The van der Waals surface area contributed by atoms with E-state index >= 15 is 0 Å². The van der Waals surface area contributed by atoms with Crippen LogP contribution in [0.15, 0.2) is 94.6 Å². The van der Waals surface area contributed by atoms with Crippen LogP contribution in [0.1, 0.15) is 33.4 Å². The summed E-state index contributed by atoms with van der Waals surface area (Å²) in [6.07, 6.45) is 1.45. The summed E-state index contributed by atoms with van der Waals surface area (Å²) >= 11 is 0. The van der Waals surface area contributed by atoms with Crippen molar-refractivity contribution in [1.29, 1.82) is 0 Å². The standard InChI is InChI=1S/C24H19N3O3/c1-16(17-11-13-19(14-12-17)25-24(29)22-10-5-15-30-22)26-27-23(28)21-9-4-7-18-6-2-3-8-20(18)21/h2-15H,1H3,(H,25,29)(H,27,28)/b26-16+. The van der Waals surface area contributed by atoms with Crippen molar-refractivity contribution in [2.24, 2.45) is 5.10 Å². The van der Waals surface area contributed by atoms with Gasteiger partial charge in [0.05, 0.1) is 12.0 Å². The first-order chi connectivity index (χ1) is 14.6. The molecule has 4 rings (SSSR count). The summed E-state index contributed by atoms with van der Waals surface area (Å²) in [5, 5.41) is 8.86. The van der Waals surface area contributed by atoms with Gasteiger partial charge in [-0.25, -0.2) is 5.43 Å². The molecule has 2 N–H and O–H groups in total. The van der Waals surface area contributed by atoms with Crippen LogP contribution in [-0.2, 0) is 0 Å². The molecule has 4 aromatic rings. The predicted octanol–water partition coefficient (Wildman–Crippen LogP) is 4.84. The summed E-state index contributed by atoms with van der Waals surface area (Å²) in [5.41, 5.74) is 5.29. The van der Waals surface area contributed by atoms with Gasteiger partial charge in [-0.15, -0.1) is 0 Å². The quantitative estimate of drug-likeness (QED) is 0.373. The molecule has 0 spiro atoms. The number of fused-ring (bicyclic) bond motifs is 1. The van der Waals surface area contributed by atoms with E-state index in [0.717, 1.165) is 16.3 Å². The molecular formula is C24H19N3O3. The third kappa shape index (κ3) is 4.12. The van der Waals surface area contributed by atoms with E-state index in [1.54, 1.807) is 37.3 Å². The van der Waals surface area contributed by atoms with Crippen LogP contribution in [0, 0.1) is 0 Å². The second-order valence-corrected chi connectivity index (χ2v) is 6.67. The Morgan fingerprint density at radius 1 is 0.833 bits per heavy atom. The number of carbonyl (C=O) groups excluding carboxylic acids is 2. The smallest absolute Gasteiger partial charge is 0.291 e. The van der Waals surface area contributed by atoms with Crippen molar-refractivity contribution in [2.45, 2.75) is 6.92 Å². The Morgan fingerprint density at radius 2 is 1.60 bits per heavy atom. The van der Waals surface area contributed by atoms with Gasteiger partial charge in [-0.2, -0.15) is 5.10 Å². The van der Waals surface area contributed by atoms with E-state index in [0.29, 0.717) is 17.0 Å². The van der Waals surface area contributed by atoms with Crippen LogP contribution in [0.5, 0.6) is 0 Å². The highest BCUT2D eigenvalue weighted by molar-refractivity contribution is 6.08. The maximum atomic E-state index is 12.6. The number of anilines is 1. The number of nitrogens with one attached hydrogen (secondary N) is 2. The Morgan fingerprint density at radius 3 is 2.37 bits per heavy atom. The fourth-order valence-electron chi connectivity index (χ4n) is 3.08. The molecule has 6 heteroatoms. The molecule has 0 atom stereocenters. The Hall–Kier alpha value is -4.19. The number of hydrogen-bond acceptors (Lipinski definition) is 4. The minimum absolute atomic E-state index is 0.243. The van der Waals surface area contributed by atoms with Crippen molar-refractivity contribution in [3.63, 3.8) is 0 Å². The highest BCUT2D eigenvalue weighted by Crippen LogP contribution is 2.18. The minimum atomic E-state index is -0.319. The number of rotatable bonds is 5. The van der Waals surface area contributed by atoms with E-state index in [9.17, 15) is 9.59 Å². The molecule has 0 aliphatic heterocycles. The molecule has 3 aromatic carbocycles. The van der Waals surface area contributed by atoms with Crippen LogP contribution in [0.4, 0.5) is 5.69 Å². The van der Waals surface area contributed by atoms with Crippen molar-refractivity contribution in [2.75, 3.05) is 5.32 Å². The zero-order valence-corrected chi connectivity index (χ0v) is 16.3. The van der Waals surface area contributed by atoms with Crippen molar-refractivity contribution < 1.29 is 14.0 Å². The third-order valence-corrected chi connectivity index (χ3v) is 4.66. The predicted molar refractivity (Wildman–Crippen MR) is 117 cm³/mol. The summed E-state index contributed by atoms with van der Waals surface area (Å²) < 4.78 is 5.08. The van der Waals surface area contributed by atoms with Gasteiger partial charge in [0.15, 0.2) is 5.76 Å². The first-order valence-corrected chi connectivity index (χ1v) is 9.39. The SMILES string of the molecule is C/C(=N\NC(=O)c1cccc2ccccc12)c1ccc(NC(=O)c2ccco2)cc1. The molecule has 0 radical (unpaired) electrons. The Balaban J connectivity index is 1.44. The maximum absolute atomic E-state index is 12.6. The average molecular weight is 397 g/mol. The lowest BCUT2D eigenvalue weighted by molar-refractivity contribution is 0.0955. The number of nitrogens with zero attached hydrogens (tertiary/aromatic N) is 1. The van der Waals surface area contributed by atoms with Crippen LogP contribution >= 0.6 is 0 Å². The van der Waals surface area contributed by atoms with Crippen molar-refractivity contribution in [3.05, 3.63) is 102 Å². The molecule has 1 heterocycles. The second-order valence-electron chi connectivity index (χ2n) is 6.67. The number of amides is 2. The zero-order valence-electron chi connectivity index (χ0n) is 16.3. The lowest BCUT2D eigenvalue weighted by Gasteiger charge is -2.07. The van der Waals surface area contributed by atoms with Crippen LogP contribution in [0.2, 0.25) is 0 Å². The van der Waals surface area contributed by atoms with E-state index in [-0.39, 0.29) is 17.6 Å². The topological polar surface area (TPSA) is 83.7 Å². The van der Waals surface area contributed by atoms with E-state index in [1.165, 1.54) is 6.26 Å². The fourth-order valence-corrected chi connectivity index (χ4v) is 3.08. The van der Waals surface area contributed by atoms with E-state index in [1.807, 2.05) is 48.5 Å². The highest BCUT2D eigenvalue weighted by atomic mass is 16.3. The first kappa shape index (κ1) is 19.1. The molecule has 0 unspecified atom stereocenters. The number of hydrogen-bond donors (Lipinski definition) is 2. The molecule has 6 nitrogen and oxygen atoms in total. The van der Waals surface area contributed by atoms with Gasteiger partial charge in [-0.3, -0.25) is 9.59 Å². The van der Waals surface area contributed by atoms with Gasteiger partial charge in [-0.1, -0.05) is 48.5 Å². The Labute approximate surface area is 173 Å². The molecule has 0 fully saturated rings. The van der Waals surface area contributed by atoms with Gasteiger partial charge >= 0.3 is 0 Å². The van der Waals surface area contributed by atoms with Gasteiger partial charge in [0.2, 0.25) is 0 Å². The van der Waals surface area contributed by atoms with Gasteiger partial charge < -0.3 is 9.73 Å². The molecular weight excluding hydrogens is 378 g/mol.